The highest BCUT2D eigenvalue weighted by atomic mass is 16.2. The number of hydrogen-bond donors (Lipinski definition) is 2. The lowest BCUT2D eigenvalue weighted by Gasteiger charge is -2.31. The molecule has 1 heterocycles. The minimum Gasteiger partial charge on any atom is -0.352 e. The van der Waals surface area contributed by atoms with Gasteiger partial charge in [-0.25, -0.2) is 0 Å². The minimum absolute atomic E-state index is 0.0151. The van der Waals surface area contributed by atoms with E-state index in [2.05, 4.69) is 10.6 Å². The number of nitrogens with one attached hydrogen (secondary N) is 2. The number of benzene rings is 1. The predicted octanol–water partition coefficient (Wildman–Crippen LogP) is 2.63. The molecular weight excluding hydrogens is 354 g/mol. The summed E-state index contributed by atoms with van der Waals surface area (Å²) >= 11 is 0. The monoisotopic (exact) mass is 385 g/mol. The molecule has 152 valence electrons. The molecule has 1 aliphatic heterocycles. The molecule has 1 aromatic rings. The summed E-state index contributed by atoms with van der Waals surface area (Å²) in [6.07, 6.45) is 6.37. The van der Waals surface area contributed by atoms with Crippen molar-refractivity contribution in [1.82, 2.24) is 15.5 Å². The molecule has 0 radical (unpaired) electrons. The molecule has 0 bridgehead atoms. The van der Waals surface area contributed by atoms with Gasteiger partial charge in [-0.3, -0.25) is 14.4 Å². The van der Waals surface area contributed by atoms with E-state index in [1.165, 1.54) is 0 Å². The number of likely N-dealkylation sites (tertiary alicyclic amines) is 1. The molecule has 0 spiro atoms. The lowest BCUT2D eigenvalue weighted by Crippen LogP contribution is -2.50. The van der Waals surface area contributed by atoms with Crippen LogP contribution in [0.5, 0.6) is 0 Å². The second-order valence-corrected chi connectivity index (χ2v) is 7.89. The van der Waals surface area contributed by atoms with Crippen molar-refractivity contribution >= 4 is 17.7 Å². The van der Waals surface area contributed by atoms with Gasteiger partial charge in [0, 0.05) is 30.6 Å². The first kappa shape index (κ1) is 20.4. The van der Waals surface area contributed by atoms with E-state index >= 15 is 0 Å². The Morgan fingerprint density at radius 2 is 1.61 bits per heavy atom. The van der Waals surface area contributed by atoms with Crippen molar-refractivity contribution in [3.63, 3.8) is 0 Å². The topological polar surface area (TPSA) is 78.5 Å². The minimum atomic E-state index is -0.311. The van der Waals surface area contributed by atoms with E-state index in [4.69, 9.17) is 0 Å². The van der Waals surface area contributed by atoms with Crippen molar-refractivity contribution in [3.8, 4) is 0 Å². The molecule has 2 N–H and O–H groups in total. The number of hydrogen-bond acceptors (Lipinski definition) is 3. The second-order valence-electron chi connectivity index (χ2n) is 7.89. The van der Waals surface area contributed by atoms with Crippen LogP contribution in [0.2, 0.25) is 0 Å². The quantitative estimate of drug-likeness (QED) is 0.790. The largest absolute Gasteiger partial charge is 0.352 e. The Balaban J connectivity index is 1.44. The fourth-order valence-corrected chi connectivity index (χ4v) is 4.23. The van der Waals surface area contributed by atoms with E-state index < -0.39 is 0 Å². The van der Waals surface area contributed by atoms with Gasteiger partial charge in [0.15, 0.2) is 0 Å². The Hall–Kier alpha value is -2.37. The van der Waals surface area contributed by atoms with Crippen LogP contribution in [0, 0.1) is 0 Å². The van der Waals surface area contributed by atoms with E-state index in [1.54, 1.807) is 4.90 Å². The van der Waals surface area contributed by atoms with Gasteiger partial charge in [-0.05, 0) is 57.1 Å². The van der Waals surface area contributed by atoms with Crippen molar-refractivity contribution in [1.29, 1.82) is 0 Å². The Morgan fingerprint density at radius 1 is 0.964 bits per heavy atom. The summed E-state index contributed by atoms with van der Waals surface area (Å²) in [6, 6.07) is 9.21. The van der Waals surface area contributed by atoms with Crippen LogP contribution in [0.15, 0.2) is 30.3 Å². The van der Waals surface area contributed by atoms with Crippen LogP contribution in [-0.4, -0.2) is 47.3 Å². The van der Waals surface area contributed by atoms with Gasteiger partial charge < -0.3 is 15.5 Å². The smallest absolute Gasteiger partial charge is 0.251 e. The first-order chi connectivity index (χ1) is 13.6. The number of amides is 3. The fraction of sp³-hybridized carbons (Fsp3) is 0.591. The van der Waals surface area contributed by atoms with E-state index in [-0.39, 0.29) is 35.8 Å². The Kier molecular flexibility index (Phi) is 7.06. The van der Waals surface area contributed by atoms with Crippen molar-refractivity contribution in [2.24, 2.45) is 0 Å². The number of carbonyl (C=O) groups excluding carboxylic acids is 3. The summed E-state index contributed by atoms with van der Waals surface area (Å²) < 4.78 is 0. The summed E-state index contributed by atoms with van der Waals surface area (Å²) in [4.78, 5) is 39.0. The molecule has 28 heavy (non-hydrogen) atoms. The highest BCUT2D eigenvalue weighted by Gasteiger charge is 2.35. The van der Waals surface area contributed by atoms with Crippen molar-refractivity contribution < 1.29 is 14.4 Å². The molecule has 3 rings (SSSR count). The molecule has 1 aromatic carbocycles. The highest BCUT2D eigenvalue weighted by molar-refractivity contribution is 5.94. The summed E-state index contributed by atoms with van der Waals surface area (Å²) in [5.41, 5.74) is 0.677. The predicted molar refractivity (Wildman–Crippen MR) is 108 cm³/mol. The third-order valence-electron chi connectivity index (χ3n) is 5.78. The van der Waals surface area contributed by atoms with Gasteiger partial charge in [0.1, 0.15) is 6.04 Å². The Bertz CT molecular complexity index is 684. The zero-order chi connectivity index (χ0) is 19.9. The van der Waals surface area contributed by atoms with Crippen molar-refractivity contribution in [2.75, 3.05) is 6.54 Å². The molecule has 0 aromatic heterocycles. The maximum Gasteiger partial charge on any atom is 0.251 e. The van der Waals surface area contributed by atoms with Gasteiger partial charge in [-0.15, -0.1) is 0 Å². The average molecular weight is 386 g/mol. The molecule has 1 saturated heterocycles. The normalized spacial score (nSPS) is 24.6. The zero-order valence-corrected chi connectivity index (χ0v) is 16.7. The SMILES string of the molecule is CCCC(=O)N1CCC[C@H]1C(=O)NC1CCC(NC(=O)c2ccccc2)CC1. The lowest BCUT2D eigenvalue weighted by molar-refractivity contribution is -0.138. The summed E-state index contributed by atoms with van der Waals surface area (Å²) in [7, 11) is 0. The van der Waals surface area contributed by atoms with Crippen LogP contribution in [-0.2, 0) is 9.59 Å². The van der Waals surface area contributed by atoms with Crippen LogP contribution >= 0.6 is 0 Å². The molecule has 3 amide bonds. The van der Waals surface area contributed by atoms with Gasteiger partial charge >= 0.3 is 0 Å². The highest BCUT2D eigenvalue weighted by Crippen LogP contribution is 2.22. The molecule has 0 unspecified atom stereocenters. The maximum atomic E-state index is 12.7. The van der Waals surface area contributed by atoms with Crippen LogP contribution in [0.1, 0.15) is 68.6 Å². The lowest BCUT2D eigenvalue weighted by atomic mass is 9.90. The van der Waals surface area contributed by atoms with E-state index in [0.717, 1.165) is 44.9 Å². The Morgan fingerprint density at radius 3 is 2.25 bits per heavy atom. The van der Waals surface area contributed by atoms with Crippen molar-refractivity contribution in [3.05, 3.63) is 35.9 Å². The van der Waals surface area contributed by atoms with Crippen LogP contribution < -0.4 is 10.6 Å². The van der Waals surface area contributed by atoms with E-state index in [1.807, 2.05) is 37.3 Å². The number of nitrogens with zero attached hydrogens (tertiary/aromatic N) is 1. The van der Waals surface area contributed by atoms with E-state index in [9.17, 15) is 14.4 Å². The van der Waals surface area contributed by atoms with Crippen LogP contribution in [0.25, 0.3) is 0 Å². The molecule has 6 heteroatoms. The molecule has 6 nitrogen and oxygen atoms in total. The molecule has 2 fully saturated rings. The van der Waals surface area contributed by atoms with Crippen LogP contribution in [0.3, 0.4) is 0 Å². The average Bonchev–Trinajstić information content (AvgIpc) is 3.20. The van der Waals surface area contributed by atoms with Gasteiger partial charge in [0.25, 0.3) is 5.91 Å². The third kappa shape index (κ3) is 5.12. The third-order valence-corrected chi connectivity index (χ3v) is 5.78. The summed E-state index contributed by atoms with van der Waals surface area (Å²) in [5, 5.41) is 6.24. The Labute approximate surface area is 167 Å². The van der Waals surface area contributed by atoms with E-state index in [0.29, 0.717) is 18.5 Å². The van der Waals surface area contributed by atoms with Crippen molar-refractivity contribution in [2.45, 2.75) is 76.4 Å². The van der Waals surface area contributed by atoms with Crippen LogP contribution in [0.4, 0.5) is 0 Å². The molecule has 1 atom stereocenters. The first-order valence-corrected chi connectivity index (χ1v) is 10.5. The summed E-state index contributed by atoms with van der Waals surface area (Å²) in [5.74, 6) is 0.0373. The second kappa shape index (κ2) is 9.71. The first-order valence-electron chi connectivity index (χ1n) is 10.5. The maximum absolute atomic E-state index is 12.7. The molecular formula is C22H31N3O3. The van der Waals surface area contributed by atoms with Gasteiger partial charge in [0.2, 0.25) is 11.8 Å². The fourth-order valence-electron chi connectivity index (χ4n) is 4.23. The van der Waals surface area contributed by atoms with Gasteiger partial charge in [0.05, 0.1) is 0 Å². The van der Waals surface area contributed by atoms with Gasteiger partial charge in [-0.2, -0.15) is 0 Å². The standard InChI is InChI=1S/C22H31N3O3/c1-2-7-20(26)25-15-6-10-19(25)22(28)24-18-13-11-17(12-14-18)23-21(27)16-8-4-3-5-9-16/h3-5,8-9,17-19H,2,6-7,10-15H2,1H3,(H,23,27)(H,24,28)/t17?,18?,19-/m0/s1. The number of rotatable bonds is 6. The van der Waals surface area contributed by atoms with Gasteiger partial charge in [-0.1, -0.05) is 25.1 Å². The number of carbonyl (C=O) groups is 3. The summed E-state index contributed by atoms with van der Waals surface area (Å²) in [6.45, 7) is 2.67. The molecule has 2 aliphatic rings. The molecule has 1 aliphatic carbocycles. The zero-order valence-electron chi connectivity index (χ0n) is 16.7. The molecule has 1 saturated carbocycles.